The van der Waals surface area contributed by atoms with E-state index in [2.05, 4.69) is 23.1 Å². The SMILES string of the molecule is O=CC1CCc2ccc(N3CCOCC3)cc21. The third kappa shape index (κ3) is 1.95. The minimum atomic E-state index is 0.117. The maximum absolute atomic E-state index is 11.0. The lowest BCUT2D eigenvalue weighted by Crippen LogP contribution is -2.36. The van der Waals surface area contributed by atoms with Crippen LogP contribution in [-0.2, 0) is 16.0 Å². The molecule has 0 amide bonds. The zero-order chi connectivity index (χ0) is 11.7. The second kappa shape index (κ2) is 4.49. The maximum Gasteiger partial charge on any atom is 0.127 e. The first-order valence-electron chi connectivity index (χ1n) is 6.29. The van der Waals surface area contributed by atoms with E-state index in [1.165, 1.54) is 16.8 Å². The van der Waals surface area contributed by atoms with Crippen molar-refractivity contribution in [1.82, 2.24) is 0 Å². The molecule has 1 aliphatic heterocycles. The van der Waals surface area contributed by atoms with Gasteiger partial charge in [0.2, 0.25) is 0 Å². The molecule has 1 aromatic rings. The second-order valence-electron chi connectivity index (χ2n) is 4.76. The van der Waals surface area contributed by atoms with Crippen molar-refractivity contribution >= 4 is 12.0 Å². The molecule has 1 aromatic carbocycles. The monoisotopic (exact) mass is 231 g/mol. The molecule has 0 saturated carbocycles. The minimum Gasteiger partial charge on any atom is -0.378 e. The van der Waals surface area contributed by atoms with Gasteiger partial charge in [0.1, 0.15) is 6.29 Å². The van der Waals surface area contributed by atoms with Gasteiger partial charge in [0.25, 0.3) is 0 Å². The predicted molar refractivity (Wildman–Crippen MR) is 66.6 cm³/mol. The summed E-state index contributed by atoms with van der Waals surface area (Å²) in [6.07, 6.45) is 3.11. The quantitative estimate of drug-likeness (QED) is 0.726. The molecular weight excluding hydrogens is 214 g/mol. The van der Waals surface area contributed by atoms with E-state index in [9.17, 15) is 4.79 Å². The van der Waals surface area contributed by atoms with Gasteiger partial charge in [0, 0.05) is 24.7 Å². The Kier molecular flexibility index (Phi) is 2.85. The number of hydrogen-bond acceptors (Lipinski definition) is 3. The van der Waals surface area contributed by atoms with Crippen molar-refractivity contribution in [2.24, 2.45) is 0 Å². The van der Waals surface area contributed by atoms with E-state index in [0.29, 0.717) is 0 Å². The van der Waals surface area contributed by atoms with Gasteiger partial charge < -0.3 is 14.4 Å². The average molecular weight is 231 g/mol. The van der Waals surface area contributed by atoms with Gasteiger partial charge in [0.05, 0.1) is 13.2 Å². The molecule has 1 saturated heterocycles. The fourth-order valence-corrected chi connectivity index (χ4v) is 2.78. The highest BCUT2D eigenvalue weighted by Crippen LogP contribution is 2.34. The Balaban J connectivity index is 1.89. The Hall–Kier alpha value is -1.35. The van der Waals surface area contributed by atoms with E-state index in [0.717, 1.165) is 45.4 Å². The van der Waals surface area contributed by atoms with Gasteiger partial charge in [-0.3, -0.25) is 0 Å². The average Bonchev–Trinajstić information content (AvgIpc) is 2.81. The van der Waals surface area contributed by atoms with Gasteiger partial charge in [0.15, 0.2) is 0 Å². The molecule has 3 heteroatoms. The molecule has 1 heterocycles. The molecule has 90 valence electrons. The minimum absolute atomic E-state index is 0.117. The summed E-state index contributed by atoms with van der Waals surface area (Å²) in [4.78, 5) is 13.4. The molecule has 0 bridgehead atoms. The van der Waals surface area contributed by atoms with Crippen LogP contribution in [0.25, 0.3) is 0 Å². The number of rotatable bonds is 2. The summed E-state index contributed by atoms with van der Waals surface area (Å²) >= 11 is 0. The van der Waals surface area contributed by atoms with Crippen LogP contribution in [0.1, 0.15) is 23.5 Å². The molecule has 1 aliphatic carbocycles. The number of hydrogen-bond donors (Lipinski definition) is 0. The Morgan fingerprint density at radius 1 is 1.29 bits per heavy atom. The third-order valence-electron chi connectivity index (χ3n) is 3.79. The summed E-state index contributed by atoms with van der Waals surface area (Å²) in [5.41, 5.74) is 3.82. The van der Waals surface area contributed by atoms with Gasteiger partial charge in [-0.25, -0.2) is 0 Å². The highest BCUT2D eigenvalue weighted by Gasteiger charge is 2.23. The van der Waals surface area contributed by atoms with Gasteiger partial charge in [-0.2, -0.15) is 0 Å². The fourth-order valence-electron chi connectivity index (χ4n) is 2.78. The first kappa shape index (κ1) is 10.8. The topological polar surface area (TPSA) is 29.5 Å². The zero-order valence-corrected chi connectivity index (χ0v) is 9.89. The summed E-state index contributed by atoms with van der Waals surface area (Å²) in [5.74, 6) is 0.117. The molecule has 17 heavy (non-hydrogen) atoms. The van der Waals surface area contributed by atoms with E-state index in [1.807, 2.05) is 0 Å². The largest absolute Gasteiger partial charge is 0.378 e. The van der Waals surface area contributed by atoms with Crippen LogP contribution in [-0.4, -0.2) is 32.6 Å². The van der Waals surface area contributed by atoms with Crippen molar-refractivity contribution in [3.8, 4) is 0 Å². The highest BCUT2D eigenvalue weighted by atomic mass is 16.5. The number of carbonyl (C=O) groups excluding carboxylic acids is 1. The van der Waals surface area contributed by atoms with Crippen LogP contribution in [0.4, 0.5) is 5.69 Å². The number of ether oxygens (including phenoxy) is 1. The van der Waals surface area contributed by atoms with Crippen LogP contribution in [0.2, 0.25) is 0 Å². The molecule has 0 aromatic heterocycles. The summed E-state index contributed by atoms with van der Waals surface area (Å²) in [6, 6.07) is 6.56. The Morgan fingerprint density at radius 2 is 2.12 bits per heavy atom. The molecule has 3 rings (SSSR count). The van der Waals surface area contributed by atoms with E-state index in [-0.39, 0.29) is 5.92 Å². The highest BCUT2D eigenvalue weighted by molar-refractivity contribution is 5.67. The Bertz CT molecular complexity index is 424. The van der Waals surface area contributed by atoms with Crippen LogP contribution in [0.15, 0.2) is 18.2 Å². The number of aldehydes is 1. The van der Waals surface area contributed by atoms with Crippen molar-refractivity contribution in [2.75, 3.05) is 31.2 Å². The van der Waals surface area contributed by atoms with Gasteiger partial charge in [-0.05, 0) is 36.1 Å². The van der Waals surface area contributed by atoms with Crippen LogP contribution >= 0.6 is 0 Å². The van der Waals surface area contributed by atoms with Crippen LogP contribution in [0.5, 0.6) is 0 Å². The van der Waals surface area contributed by atoms with Crippen molar-refractivity contribution in [1.29, 1.82) is 0 Å². The number of carbonyl (C=O) groups is 1. The first-order chi connectivity index (χ1) is 8.38. The van der Waals surface area contributed by atoms with Gasteiger partial charge in [-0.1, -0.05) is 6.07 Å². The van der Waals surface area contributed by atoms with Crippen molar-refractivity contribution in [3.63, 3.8) is 0 Å². The van der Waals surface area contributed by atoms with E-state index in [1.54, 1.807) is 0 Å². The first-order valence-corrected chi connectivity index (χ1v) is 6.29. The molecule has 1 atom stereocenters. The van der Waals surface area contributed by atoms with Crippen LogP contribution in [0, 0.1) is 0 Å². The lowest BCUT2D eigenvalue weighted by Gasteiger charge is -2.29. The van der Waals surface area contributed by atoms with Gasteiger partial charge in [-0.15, -0.1) is 0 Å². The molecule has 1 unspecified atom stereocenters. The molecular formula is C14H17NO2. The van der Waals surface area contributed by atoms with Crippen molar-refractivity contribution in [3.05, 3.63) is 29.3 Å². The number of aryl methyl sites for hydroxylation is 1. The summed E-state index contributed by atoms with van der Waals surface area (Å²) in [7, 11) is 0. The summed E-state index contributed by atoms with van der Waals surface area (Å²) in [5, 5.41) is 0. The Labute approximate surface area is 101 Å². The molecule has 2 aliphatic rings. The smallest absolute Gasteiger partial charge is 0.127 e. The number of nitrogens with zero attached hydrogens (tertiary/aromatic N) is 1. The fraction of sp³-hybridized carbons (Fsp3) is 0.500. The molecule has 0 radical (unpaired) electrons. The molecule has 3 nitrogen and oxygen atoms in total. The molecule has 0 spiro atoms. The number of fused-ring (bicyclic) bond motifs is 1. The van der Waals surface area contributed by atoms with Crippen molar-refractivity contribution in [2.45, 2.75) is 18.8 Å². The van der Waals surface area contributed by atoms with E-state index < -0.39 is 0 Å². The number of morpholine rings is 1. The number of anilines is 1. The predicted octanol–water partition coefficient (Wildman–Crippen LogP) is 1.75. The van der Waals surface area contributed by atoms with E-state index in [4.69, 9.17) is 4.74 Å². The van der Waals surface area contributed by atoms with Gasteiger partial charge >= 0.3 is 0 Å². The molecule has 1 fully saturated rings. The summed E-state index contributed by atoms with van der Waals surface area (Å²) in [6.45, 7) is 3.50. The summed E-state index contributed by atoms with van der Waals surface area (Å²) < 4.78 is 5.36. The number of benzene rings is 1. The van der Waals surface area contributed by atoms with E-state index >= 15 is 0 Å². The third-order valence-corrected chi connectivity index (χ3v) is 3.79. The Morgan fingerprint density at radius 3 is 2.88 bits per heavy atom. The molecule has 0 N–H and O–H groups in total. The lowest BCUT2D eigenvalue weighted by atomic mass is 10.0. The van der Waals surface area contributed by atoms with Crippen LogP contribution < -0.4 is 4.90 Å². The van der Waals surface area contributed by atoms with Crippen LogP contribution in [0.3, 0.4) is 0 Å². The second-order valence-corrected chi connectivity index (χ2v) is 4.76. The maximum atomic E-state index is 11.0. The lowest BCUT2D eigenvalue weighted by molar-refractivity contribution is -0.109. The normalized spacial score (nSPS) is 23.5. The zero-order valence-electron chi connectivity index (χ0n) is 9.89. The van der Waals surface area contributed by atoms with Crippen molar-refractivity contribution < 1.29 is 9.53 Å². The standard InChI is InChI=1S/C14H17NO2/c16-10-12-2-1-11-3-4-13(9-14(11)12)15-5-7-17-8-6-15/h3-4,9-10,12H,1-2,5-8H2.